The van der Waals surface area contributed by atoms with E-state index in [4.69, 9.17) is 28.4 Å². The van der Waals surface area contributed by atoms with E-state index in [0.717, 1.165) is 23.6 Å². The van der Waals surface area contributed by atoms with Crippen molar-refractivity contribution < 1.29 is 38.0 Å². The average molecular weight is 563 g/mol. The minimum atomic E-state index is -0.867. The van der Waals surface area contributed by atoms with Gasteiger partial charge in [0.1, 0.15) is 42.9 Å². The molecule has 0 radical (unpaired) electrons. The van der Waals surface area contributed by atoms with Crippen LogP contribution in [0.25, 0.3) is 0 Å². The Morgan fingerprint density at radius 3 is 2.58 bits per heavy atom. The highest BCUT2D eigenvalue weighted by atomic mass is 79.9. The fourth-order valence-electron chi connectivity index (χ4n) is 6.38. The first-order valence-corrected chi connectivity index (χ1v) is 13.6. The molecule has 8 nitrogen and oxygen atoms in total. The second-order valence-corrected chi connectivity index (χ2v) is 11.5. The van der Waals surface area contributed by atoms with E-state index in [1.165, 1.54) is 0 Å². The zero-order valence-electron chi connectivity index (χ0n) is 20.0. The predicted octanol–water partition coefficient (Wildman–Crippen LogP) is 3.85. The number of carbonyl (C=O) groups is 2. The quantitative estimate of drug-likeness (QED) is 0.331. The van der Waals surface area contributed by atoms with Gasteiger partial charge in [0.2, 0.25) is 0 Å². The Hall–Kier alpha value is -1.62. The molecule has 0 aliphatic carbocycles. The number of esters is 1. The summed E-state index contributed by atoms with van der Waals surface area (Å²) >= 11 is 3.42. The van der Waals surface area contributed by atoms with Crippen molar-refractivity contribution in [2.45, 2.75) is 106 Å². The molecule has 7 unspecified atom stereocenters. The molecule has 0 aromatic heterocycles. The van der Waals surface area contributed by atoms with Gasteiger partial charge in [0.15, 0.2) is 5.79 Å². The van der Waals surface area contributed by atoms with Crippen LogP contribution in [0.15, 0.2) is 41.4 Å². The molecular weight excluding hydrogens is 532 g/mol. The van der Waals surface area contributed by atoms with Crippen molar-refractivity contribution >= 4 is 28.2 Å². The first-order chi connectivity index (χ1) is 17.4. The van der Waals surface area contributed by atoms with Crippen molar-refractivity contribution in [1.29, 1.82) is 0 Å². The fourth-order valence-corrected chi connectivity index (χ4v) is 6.74. The largest absolute Gasteiger partial charge is 0.458 e. The standard InChI is InChI=1S/C27H31BrO8/c1-15(28)13-18(32-26(30)16-5-3-2-4-6-16)9-11-27-14-20-22(35-27)23-24(34-20)25(36-27)21-19(33-23)8-7-17(31-21)10-12-29/h2-6,12,17-25H,1,7-11,13-14H2/t17?,18?,19?,20?,21-,22?,23-,24?,25?,27-/m0/s1. The number of aldehydes is 1. The Labute approximate surface area is 218 Å². The van der Waals surface area contributed by atoms with Gasteiger partial charge in [0, 0.05) is 25.7 Å². The van der Waals surface area contributed by atoms with Crippen molar-refractivity contribution in [2.75, 3.05) is 0 Å². The fraction of sp³-hybridized carbons (Fsp3) is 0.630. The van der Waals surface area contributed by atoms with Gasteiger partial charge in [-0.3, -0.25) is 0 Å². The topological polar surface area (TPSA) is 89.5 Å². The van der Waals surface area contributed by atoms with Crippen molar-refractivity contribution in [2.24, 2.45) is 0 Å². The number of benzene rings is 1. The molecule has 6 saturated heterocycles. The van der Waals surface area contributed by atoms with Crippen LogP contribution < -0.4 is 0 Å². The highest BCUT2D eigenvalue weighted by molar-refractivity contribution is 9.11. The van der Waals surface area contributed by atoms with E-state index in [1.807, 2.05) is 18.2 Å². The third kappa shape index (κ3) is 4.59. The Balaban J connectivity index is 1.18. The second-order valence-electron chi connectivity index (χ2n) is 10.4. The van der Waals surface area contributed by atoms with Crippen LogP contribution in [0.2, 0.25) is 0 Å². The minimum absolute atomic E-state index is 0.0993. The normalized spacial score (nSPS) is 40.8. The highest BCUT2D eigenvalue weighted by Crippen LogP contribution is 2.54. The molecule has 10 atom stereocenters. The van der Waals surface area contributed by atoms with E-state index in [0.29, 0.717) is 37.7 Å². The van der Waals surface area contributed by atoms with Crippen molar-refractivity contribution in [3.05, 3.63) is 47.0 Å². The van der Waals surface area contributed by atoms with Crippen molar-refractivity contribution in [3.8, 4) is 0 Å². The monoisotopic (exact) mass is 562 g/mol. The van der Waals surface area contributed by atoms with Gasteiger partial charge in [0.25, 0.3) is 0 Å². The lowest BCUT2D eigenvalue weighted by molar-refractivity contribution is -0.292. The van der Waals surface area contributed by atoms with Gasteiger partial charge in [-0.25, -0.2) is 4.79 Å². The van der Waals surface area contributed by atoms with E-state index < -0.39 is 11.9 Å². The number of ether oxygens (including phenoxy) is 6. The summed E-state index contributed by atoms with van der Waals surface area (Å²) in [6, 6.07) is 8.96. The molecule has 6 fully saturated rings. The molecule has 1 aromatic carbocycles. The summed E-state index contributed by atoms with van der Waals surface area (Å²) in [6.07, 6.45) is 3.01. The Morgan fingerprint density at radius 2 is 1.81 bits per heavy atom. The molecular formula is C27H31BrO8. The summed E-state index contributed by atoms with van der Waals surface area (Å²) in [7, 11) is 0. The lowest BCUT2D eigenvalue weighted by Gasteiger charge is -2.47. The third-order valence-corrected chi connectivity index (χ3v) is 8.29. The number of hydrogen-bond acceptors (Lipinski definition) is 8. The van der Waals surface area contributed by atoms with Crippen LogP contribution in [0, 0.1) is 0 Å². The van der Waals surface area contributed by atoms with Gasteiger partial charge in [0.05, 0.1) is 23.9 Å². The first-order valence-electron chi connectivity index (χ1n) is 12.8. The highest BCUT2D eigenvalue weighted by Gasteiger charge is 2.68. The molecule has 6 heterocycles. The summed E-state index contributed by atoms with van der Waals surface area (Å²) in [6.45, 7) is 3.94. The van der Waals surface area contributed by atoms with Gasteiger partial charge in [-0.05, 0) is 35.9 Å². The molecule has 194 valence electrons. The maximum absolute atomic E-state index is 12.7. The summed E-state index contributed by atoms with van der Waals surface area (Å²) in [5.41, 5.74) is 0.509. The molecule has 0 spiro atoms. The lowest BCUT2D eigenvalue weighted by atomic mass is 9.87. The van der Waals surface area contributed by atoms with Gasteiger partial charge >= 0.3 is 5.97 Å². The van der Waals surface area contributed by atoms with Gasteiger partial charge < -0.3 is 33.2 Å². The zero-order chi connectivity index (χ0) is 24.9. The number of hydrogen-bond donors (Lipinski definition) is 0. The molecule has 36 heavy (non-hydrogen) atoms. The smallest absolute Gasteiger partial charge is 0.338 e. The SMILES string of the molecule is C=C(Br)CC(CC[C@@]12CC3OC4C(O1)[C@H]1OC(CC=O)CCC1O[C@H]4C3O2)OC(=O)c1ccccc1. The van der Waals surface area contributed by atoms with Gasteiger partial charge in [-0.1, -0.05) is 40.7 Å². The molecule has 0 saturated carbocycles. The molecule has 1 aromatic rings. The molecule has 7 rings (SSSR count). The molecule has 6 aliphatic heterocycles. The van der Waals surface area contributed by atoms with E-state index >= 15 is 0 Å². The van der Waals surface area contributed by atoms with Gasteiger partial charge in [-0.15, -0.1) is 0 Å². The number of carbonyl (C=O) groups excluding carboxylic acids is 2. The molecule has 0 amide bonds. The van der Waals surface area contributed by atoms with Crippen LogP contribution in [0.4, 0.5) is 0 Å². The Morgan fingerprint density at radius 1 is 1.06 bits per heavy atom. The van der Waals surface area contributed by atoms with Crippen molar-refractivity contribution in [3.63, 3.8) is 0 Å². The van der Waals surface area contributed by atoms with E-state index in [1.54, 1.807) is 12.1 Å². The van der Waals surface area contributed by atoms with Gasteiger partial charge in [-0.2, -0.15) is 0 Å². The van der Waals surface area contributed by atoms with Crippen LogP contribution in [-0.4, -0.2) is 73.0 Å². The Bertz CT molecular complexity index is 1000. The van der Waals surface area contributed by atoms with E-state index in [-0.39, 0.29) is 54.8 Å². The summed E-state index contributed by atoms with van der Waals surface area (Å²) in [5, 5.41) is 0. The van der Waals surface area contributed by atoms with Crippen LogP contribution >= 0.6 is 15.9 Å². The van der Waals surface area contributed by atoms with Crippen molar-refractivity contribution in [1.82, 2.24) is 0 Å². The van der Waals surface area contributed by atoms with Crippen LogP contribution in [0.5, 0.6) is 0 Å². The molecule has 6 aliphatic rings. The zero-order valence-corrected chi connectivity index (χ0v) is 21.5. The Kier molecular flexibility index (Phi) is 6.81. The van der Waals surface area contributed by atoms with E-state index in [9.17, 15) is 9.59 Å². The van der Waals surface area contributed by atoms with Crippen LogP contribution in [0.3, 0.4) is 0 Å². The molecule has 0 N–H and O–H groups in total. The number of rotatable bonds is 9. The summed E-state index contributed by atoms with van der Waals surface area (Å²) in [5.74, 6) is -1.23. The minimum Gasteiger partial charge on any atom is -0.458 e. The maximum atomic E-state index is 12.7. The average Bonchev–Trinajstić information content (AvgIpc) is 3.28. The van der Waals surface area contributed by atoms with E-state index in [2.05, 4.69) is 22.5 Å². The summed E-state index contributed by atoms with van der Waals surface area (Å²) in [4.78, 5) is 23.8. The third-order valence-electron chi connectivity index (χ3n) is 7.97. The first kappa shape index (κ1) is 24.7. The second kappa shape index (κ2) is 9.93. The molecule has 9 heteroatoms. The predicted molar refractivity (Wildman–Crippen MR) is 131 cm³/mol. The van der Waals surface area contributed by atoms with Crippen LogP contribution in [-0.2, 0) is 33.2 Å². The van der Waals surface area contributed by atoms with Crippen LogP contribution in [0.1, 0.15) is 55.3 Å². The maximum Gasteiger partial charge on any atom is 0.338 e. The number of fused-ring (bicyclic) bond motifs is 1. The molecule has 6 bridgehead atoms. The summed E-state index contributed by atoms with van der Waals surface area (Å²) < 4.78 is 39.0. The lowest BCUT2D eigenvalue weighted by Crippen LogP contribution is -2.61. The number of halogens is 1.